The first-order valence-corrected chi connectivity index (χ1v) is 14.0. The van der Waals surface area contributed by atoms with Crippen LogP contribution in [-0.4, -0.2) is 64.1 Å². The van der Waals surface area contributed by atoms with Gasteiger partial charge in [0, 0.05) is 47.5 Å². The summed E-state index contributed by atoms with van der Waals surface area (Å²) >= 11 is 0. The number of ether oxygens (including phenoxy) is 1. The highest BCUT2D eigenvalue weighted by atomic mass is 32.2. The average Bonchev–Trinajstić information content (AvgIpc) is 3.50. The molecule has 1 saturated carbocycles. The van der Waals surface area contributed by atoms with Crippen LogP contribution in [0.1, 0.15) is 60.3 Å². The van der Waals surface area contributed by atoms with Gasteiger partial charge in [-0.15, -0.1) is 0 Å². The Kier molecular flexibility index (Phi) is 8.88. The van der Waals surface area contributed by atoms with Crippen molar-refractivity contribution in [1.82, 2.24) is 19.6 Å². The molecule has 3 aromatic rings. The molecule has 0 unspecified atom stereocenters. The number of amides is 1. The Morgan fingerprint density at radius 1 is 1.21 bits per heavy atom. The molecule has 0 aliphatic heterocycles. The van der Waals surface area contributed by atoms with Gasteiger partial charge in [0.15, 0.2) is 0 Å². The predicted molar refractivity (Wildman–Crippen MR) is 145 cm³/mol. The molecule has 2 aromatic heterocycles. The Morgan fingerprint density at radius 3 is 2.45 bits per heavy atom. The number of sulfonamides is 1. The molecule has 1 aromatic carbocycles. The van der Waals surface area contributed by atoms with Crippen molar-refractivity contribution >= 4 is 43.9 Å². The molecule has 0 radical (unpaired) electrons. The number of hydrogen-bond acceptors (Lipinski definition) is 6. The van der Waals surface area contributed by atoms with Crippen molar-refractivity contribution in [2.45, 2.75) is 82.9 Å². The summed E-state index contributed by atoms with van der Waals surface area (Å²) in [6.45, 7) is 9.04. The number of carboxylic acids is 1. The summed E-state index contributed by atoms with van der Waals surface area (Å²) in [4.78, 5) is 39.7. The molecule has 0 bridgehead atoms. The number of hydrogen-bond donors (Lipinski definition) is 4. The molecule has 1 aliphatic carbocycles. The molecule has 0 saturated heterocycles. The summed E-state index contributed by atoms with van der Waals surface area (Å²) in [5.41, 5.74) is 0.0804. The van der Waals surface area contributed by atoms with Crippen LogP contribution < -0.4 is 10.9 Å². The second kappa shape index (κ2) is 11.6. The Balaban J connectivity index is 0.000000599. The fourth-order valence-electron chi connectivity index (χ4n) is 3.96. The number of aromatic nitrogens is 2. The first-order valence-electron chi connectivity index (χ1n) is 12.6. The summed E-state index contributed by atoms with van der Waals surface area (Å²) in [6, 6.07) is 5.94. The quantitative estimate of drug-likeness (QED) is 0.331. The van der Waals surface area contributed by atoms with Gasteiger partial charge in [-0.1, -0.05) is 6.92 Å². The van der Waals surface area contributed by atoms with Crippen molar-refractivity contribution in [2.24, 2.45) is 0 Å². The first kappa shape index (κ1) is 29.2. The highest BCUT2D eigenvalue weighted by Gasteiger charge is 2.39. The lowest BCUT2D eigenvalue weighted by atomic mass is 10.1. The van der Waals surface area contributed by atoms with E-state index in [0.29, 0.717) is 28.2 Å². The van der Waals surface area contributed by atoms with E-state index in [-0.39, 0.29) is 23.0 Å². The molecule has 38 heavy (non-hydrogen) atoms. The van der Waals surface area contributed by atoms with Crippen LogP contribution in [0.5, 0.6) is 0 Å². The SMILES string of the molecule is CCCC(=O)O.C[C@@H](CN(C1CC1)S(=O)(=O)c1ccc2[nH]c(=O)c3[nH]ccc3c2c1)NC(=O)OC(C)(C)C. The van der Waals surface area contributed by atoms with Crippen LogP contribution in [0.25, 0.3) is 21.8 Å². The van der Waals surface area contributed by atoms with E-state index in [2.05, 4.69) is 15.3 Å². The molecule has 12 heteroatoms. The second-order valence-corrected chi connectivity index (χ2v) is 12.3. The maximum Gasteiger partial charge on any atom is 0.407 e. The number of pyridine rings is 1. The molecule has 1 aliphatic rings. The van der Waals surface area contributed by atoms with E-state index in [4.69, 9.17) is 9.84 Å². The number of nitrogens with zero attached hydrogens (tertiary/aromatic N) is 1. The number of alkyl carbamates (subject to hydrolysis) is 1. The molecular weight excluding hydrogens is 512 g/mol. The largest absolute Gasteiger partial charge is 0.481 e. The van der Waals surface area contributed by atoms with Crippen LogP contribution in [0.2, 0.25) is 0 Å². The number of aromatic amines is 2. The maximum absolute atomic E-state index is 13.6. The normalized spacial score (nSPS) is 14.7. The Morgan fingerprint density at radius 2 is 1.89 bits per heavy atom. The fraction of sp³-hybridized carbons (Fsp3) is 0.500. The topological polar surface area (TPSA) is 162 Å². The van der Waals surface area contributed by atoms with Crippen molar-refractivity contribution in [3.8, 4) is 0 Å². The van der Waals surface area contributed by atoms with Crippen LogP contribution in [-0.2, 0) is 19.6 Å². The van der Waals surface area contributed by atoms with Gasteiger partial charge < -0.3 is 25.1 Å². The Labute approximate surface area is 221 Å². The summed E-state index contributed by atoms with van der Waals surface area (Å²) in [6.07, 6.45) is 3.65. The molecule has 4 N–H and O–H groups in total. The maximum atomic E-state index is 13.6. The number of fused-ring (bicyclic) bond motifs is 3. The zero-order valence-electron chi connectivity index (χ0n) is 22.3. The van der Waals surface area contributed by atoms with Gasteiger partial charge in [-0.3, -0.25) is 9.59 Å². The molecule has 0 spiro atoms. The van der Waals surface area contributed by atoms with Gasteiger partial charge in [0.2, 0.25) is 10.0 Å². The van der Waals surface area contributed by atoms with Crippen LogP contribution in [0.15, 0.2) is 40.2 Å². The zero-order chi connectivity index (χ0) is 28.3. The van der Waals surface area contributed by atoms with E-state index < -0.39 is 33.7 Å². The summed E-state index contributed by atoms with van der Waals surface area (Å²) < 4.78 is 33.8. The first-order chi connectivity index (χ1) is 17.7. The van der Waals surface area contributed by atoms with E-state index in [1.165, 1.54) is 10.4 Å². The third kappa shape index (κ3) is 7.35. The van der Waals surface area contributed by atoms with E-state index in [9.17, 15) is 22.8 Å². The molecular formula is C26H36N4O7S. The monoisotopic (exact) mass is 548 g/mol. The van der Waals surface area contributed by atoms with Gasteiger partial charge in [-0.2, -0.15) is 4.31 Å². The van der Waals surface area contributed by atoms with E-state index >= 15 is 0 Å². The summed E-state index contributed by atoms with van der Waals surface area (Å²) in [5.74, 6) is -0.711. The third-order valence-corrected chi connectivity index (χ3v) is 7.66. The van der Waals surface area contributed by atoms with E-state index in [1.807, 2.05) is 6.92 Å². The Bertz CT molecular complexity index is 1470. The number of H-pyrrole nitrogens is 2. The standard InChI is InChI=1S/C22H28N4O5S.C4H8O2/c1-13(24-21(28)31-22(2,3)4)12-26(14-5-6-14)32(29,30)15-7-8-18-17(11-15)16-9-10-23-19(16)20(27)25-18;1-2-3-4(5)6/h7-11,13-14,23H,5-6,12H2,1-4H3,(H,24,28)(H,25,27);2-3H2,1H3,(H,5,6)/t13-;/m0./s1. The van der Waals surface area contributed by atoms with Gasteiger partial charge in [-0.25, -0.2) is 13.2 Å². The predicted octanol–water partition coefficient (Wildman–Crippen LogP) is 3.95. The van der Waals surface area contributed by atoms with Gasteiger partial charge in [0.05, 0.1) is 4.90 Å². The van der Waals surface area contributed by atoms with Crippen molar-refractivity contribution in [2.75, 3.05) is 6.54 Å². The third-order valence-electron chi connectivity index (χ3n) is 5.75. The molecule has 2 heterocycles. The fourth-order valence-corrected chi connectivity index (χ4v) is 5.76. The highest BCUT2D eigenvalue weighted by Crippen LogP contribution is 2.33. The minimum Gasteiger partial charge on any atom is -0.481 e. The second-order valence-electron chi connectivity index (χ2n) is 10.4. The van der Waals surface area contributed by atoms with Gasteiger partial charge in [0.1, 0.15) is 11.1 Å². The van der Waals surface area contributed by atoms with Crippen molar-refractivity contribution < 1.29 is 27.9 Å². The summed E-state index contributed by atoms with van der Waals surface area (Å²) in [7, 11) is -3.82. The van der Waals surface area contributed by atoms with Crippen molar-refractivity contribution in [3.05, 3.63) is 40.8 Å². The molecule has 4 rings (SSSR count). The molecule has 1 fully saturated rings. The Hall–Kier alpha value is -3.38. The van der Waals surface area contributed by atoms with Gasteiger partial charge >= 0.3 is 12.1 Å². The van der Waals surface area contributed by atoms with Crippen LogP contribution >= 0.6 is 0 Å². The molecule has 1 amide bonds. The van der Waals surface area contributed by atoms with E-state index in [0.717, 1.165) is 19.3 Å². The number of carbonyl (C=O) groups is 2. The smallest absolute Gasteiger partial charge is 0.407 e. The number of carbonyl (C=O) groups excluding carboxylic acids is 1. The van der Waals surface area contributed by atoms with Crippen molar-refractivity contribution in [1.29, 1.82) is 0 Å². The number of aliphatic carboxylic acids is 1. The lowest BCUT2D eigenvalue weighted by Gasteiger charge is -2.27. The lowest BCUT2D eigenvalue weighted by Crippen LogP contribution is -2.46. The van der Waals surface area contributed by atoms with Gasteiger partial charge in [-0.05, 0) is 71.2 Å². The zero-order valence-corrected chi connectivity index (χ0v) is 23.1. The lowest BCUT2D eigenvalue weighted by molar-refractivity contribution is -0.137. The summed E-state index contributed by atoms with van der Waals surface area (Å²) in [5, 5.41) is 11.9. The number of carboxylic acid groups (broad SMARTS) is 1. The molecule has 208 valence electrons. The van der Waals surface area contributed by atoms with Crippen molar-refractivity contribution in [3.63, 3.8) is 0 Å². The van der Waals surface area contributed by atoms with Crippen LogP contribution in [0, 0.1) is 0 Å². The average molecular weight is 549 g/mol. The number of rotatable bonds is 8. The molecule has 1 atom stereocenters. The number of benzene rings is 1. The van der Waals surface area contributed by atoms with Crippen LogP contribution in [0.4, 0.5) is 4.79 Å². The van der Waals surface area contributed by atoms with Gasteiger partial charge in [0.25, 0.3) is 5.56 Å². The van der Waals surface area contributed by atoms with Crippen LogP contribution in [0.3, 0.4) is 0 Å². The molecule has 11 nitrogen and oxygen atoms in total. The highest BCUT2D eigenvalue weighted by molar-refractivity contribution is 7.89. The minimum atomic E-state index is -3.82. The number of nitrogens with one attached hydrogen (secondary N) is 3. The minimum absolute atomic E-state index is 0.0959. The van der Waals surface area contributed by atoms with E-state index in [1.54, 1.807) is 52.1 Å².